The number of hydrogen-bond donors (Lipinski definition) is 1. The lowest BCUT2D eigenvalue weighted by Crippen LogP contribution is -2.47. The number of nitrogens with one attached hydrogen (secondary N) is 1. The van der Waals surface area contributed by atoms with Gasteiger partial charge in [-0.25, -0.2) is 0 Å². The molecule has 0 aromatic heterocycles. The maximum Gasteiger partial charge on any atom is 0.393 e. The Morgan fingerprint density at radius 1 is 1.29 bits per heavy atom. The Hall–Kier alpha value is -1.04. The first-order chi connectivity index (χ1) is 9.79. The molecular weight excluding hydrogens is 347 g/mol. The minimum Gasteiger partial charge on any atom is -0.349 e. The molecule has 0 bridgehead atoms. The summed E-state index contributed by atoms with van der Waals surface area (Å²) in [6.07, 6.45) is -2.51. The van der Waals surface area contributed by atoms with E-state index in [1.807, 2.05) is 6.92 Å². The average Bonchev–Trinajstić information content (AvgIpc) is 2.41. The van der Waals surface area contributed by atoms with Crippen molar-refractivity contribution in [2.24, 2.45) is 5.92 Å². The summed E-state index contributed by atoms with van der Waals surface area (Å²) in [4.78, 5) is 12.1. The Labute approximate surface area is 130 Å². The molecule has 1 aromatic rings. The topological polar surface area (TPSA) is 29.1 Å². The van der Waals surface area contributed by atoms with Crippen LogP contribution < -0.4 is 5.32 Å². The van der Waals surface area contributed by atoms with E-state index in [2.05, 4.69) is 21.2 Å². The van der Waals surface area contributed by atoms with Crippen LogP contribution in [0.5, 0.6) is 0 Å². The predicted octanol–water partition coefficient (Wildman–Crippen LogP) is 4.61. The summed E-state index contributed by atoms with van der Waals surface area (Å²) < 4.78 is 39.8. The second kappa shape index (κ2) is 6.38. The van der Waals surface area contributed by atoms with Crippen molar-refractivity contribution in [1.29, 1.82) is 0 Å². The van der Waals surface area contributed by atoms with E-state index in [1.54, 1.807) is 18.2 Å². The number of alkyl halides is 3. The number of benzene rings is 1. The predicted molar refractivity (Wildman–Crippen MR) is 78.1 cm³/mol. The molecule has 2 atom stereocenters. The van der Waals surface area contributed by atoms with Crippen LogP contribution in [-0.4, -0.2) is 18.1 Å². The number of carbonyl (C=O) groups is 1. The van der Waals surface area contributed by atoms with Crippen molar-refractivity contribution < 1.29 is 18.0 Å². The Kier molecular flexibility index (Phi) is 4.96. The molecule has 116 valence electrons. The zero-order valence-electron chi connectivity index (χ0n) is 11.6. The molecule has 1 fully saturated rings. The minimum absolute atomic E-state index is 0.0893. The molecule has 1 aliphatic rings. The number of hydrogen-bond acceptors (Lipinski definition) is 1. The maximum absolute atomic E-state index is 13.0. The van der Waals surface area contributed by atoms with Gasteiger partial charge in [-0.3, -0.25) is 4.79 Å². The standard InChI is InChI=1S/C15H17BrF3NO/c1-9-6-7-10(8-12(9)16)14(21)20-13-5-3-2-4-11(13)15(17,18)19/h6-8,11,13H,2-5H2,1H3,(H,20,21). The summed E-state index contributed by atoms with van der Waals surface area (Å²) in [5.41, 5.74) is 1.34. The SMILES string of the molecule is Cc1ccc(C(=O)NC2CCCCC2C(F)(F)F)cc1Br. The summed E-state index contributed by atoms with van der Waals surface area (Å²) >= 11 is 3.32. The molecule has 1 N–H and O–H groups in total. The van der Waals surface area contributed by atoms with Crippen molar-refractivity contribution in [3.63, 3.8) is 0 Å². The highest BCUT2D eigenvalue weighted by molar-refractivity contribution is 9.10. The van der Waals surface area contributed by atoms with Crippen LogP contribution in [-0.2, 0) is 0 Å². The number of amides is 1. The van der Waals surface area contributed by atoms with Gasteiger partial charge in [0.05, 0.1) is 5.92 Å². The lowest BCUT2D eigenvalue weighted by molar-refractivity contribution is -0.187. The van der Waals surface area contributed by atoms with Crippen LogP contribution in [0.1, 0.15) is 41.6 Å². The Morgan fingerprint density at radius 2 is 1.95 bits per heavy atom. The monoisotopic (exact) mass is 363 g/mol. The van der Waals surface area contributed by atoms with Gasteiger partial charge < -0.3 is 5.32 Å². The molecular formula is C15H17BrF3NO. The number of carbonyl (C=O) groups excluding carboxylic acids is 1. The van der Waals surface area contributed by atoms with Crippen LogP contribution in [0.3, 0.4) is 0 Å². The molecule has 6 heteroatoms. The lowest BCUT2D eigenvalue weighted by Gasteiger charge is -2.33. The van der Waals surface area contributed by atoms with E-state index >= 15 is 0 Å². The molecule has 2 unspecified atom stereocenters. The van der Waals surface area contributed by atoms with Gasteiger partial charge in [0.2, 0.25) is 0 Å². The highest BCUT2D eigenvalue weighted by Gasteiger charge is 2.45. The summed E-state index contributed by atoms with van der Waals surface area (Å²) in [7, 11) is 0. The third kappa shape index (κ3) is 3.99. The van der Waals surface area contributed by atoms with E-state index in [1.165, 1.54) is 0 Å². The van der Waals surface area contributed by atoms with Crippen LogP contribution >= 0.6 is 15.9 Å². The normalized spacial score (nSPS) is 22.9. The number of halogens is 4. The van der Waals surface area contributed by atoms with Gasteiger partial charge in [0, 0.05) is 16.1 Å². The summed E-state index contributed by atoms with van der Waals surface area (Å²) in [5.74, 6) is -1.89. The first-order valence-electron chi connectivity index (χ1n) is 6.93. The first kappa shape index (κ1) is 16.3. The smallest absolute Gasteiger partial charge is 0.349 e. The van der Waals surface area contributed by atoms with Crippen molar-refractivity contribution >= 4 is 21.8 Å². The van der Waals surface area contributed by atoms with E-state index in [0.29, 0.717) is 18.4 Å². The molecule has 0 spiro atoms. The first-order valence-corrected chi connectivity index (χ1v) is 7.72. The van der Waals surface area contributed by atoms with Crippen LogP contribution in [0.2, 0.25) is 0 Å². The number of rotatable bonds is 2. The fraction of sp³-hybridized carbons (Fsp3) is 0.533. The van der Waals surface area contributed by atoms with Crippen LogP contribution in [0, 0.1) is 12.8 Å². The fourth-order valence-electron chi connectivity index (χ4n) is 2.68. The molecule has 0 aliphatic heterocycles. The molecule has 1 aliphatic carbocycles. The summed E-state index contributed by atoms with van der Waals surface area (Å²) in [6.45, 7) is 1.88. The highest BCUT2D eigenvalue weighted by Crippen LogP contribution is 2.37. The van der Waals surface area contributed by atoms with Gasteiger partial charge in [0.1, 0.15) is 0 Å². The lowest BCUT2D eigenvalue weighted by atomic mass is 9.84. The third-order valence-electron chi connectivity index (χ3n) is 3.94. The molecule has 0 saturated heterocycles. The minimum atomic E-state index is -4.26. The summed E-state index contributed by atoms with van der Waals surface area (Å²) in [6, 6.07) is 4.20. The van der Waals surface area contributed by atoms with Gasteiger partial charge in [-0.05, 0) is 37.5 Å². The molecule has 0 heterocycles. The Morgan fingerprint density at radius 3 is 2.57 bits per heavy atom. The molecule has 1 saturated carbocycles. The number of aryl methyl sites for hydroxylation is 1. The fourth-order valence-corrected chi connectivity index (χ4v) is 3.06. The average molecular weight is 364 g/mol. The van der Waals surface area contributed by atoms with E-state index in [0.717, 1.165) is 16.5 Å². The van der Waals surface area contributed by atoms with Crippen molar-refractivity contribution in [3.8, 4) is 0 Å². The van der Waals surface area contributed by atoms with Crippen LogP contribution in [0.15, 0.2) is 22.7 Å². The van der Waals surface area contributed by atoms with Crippen LogP contribution in [0.25, 0.3) is 0 Å². The van der Waals surface area contributed by atoms with Crippen molar-refractivity contribution in [2.75, 3.05) is 0 Å². The molecule has 21 heavy (non-hydrogen) atoms. The Bertz CT molecular complexity index is 530. The van der Waals surface area contributed by atoms with E-state index in [4.69, 9.17) is 0 Å². The zero-order valence-corrected chi connectivity index (χ0v) is 13.2. The molecule has 1 amide bonds. The van der Waals surface area contributed by atoms with E-state index in [-0.39, 0.29) is 6.42 Å². The van der Waals surface area contributed by atoms with Gasteiger partial charge in [-0.1, -0.05) is 34.8 Å². The van der Waals surface area contributed by atoms with Crippen molar-refractivity contribution in [3.05, 3.63) is 33.8 Å². The molecule has 2 rings (SSSR count). The van der Waals surface area contributed by atoms with Crippen molar-refractivity contribution in [2.45, 2.75) is 44.8 Å². The van der Waals surface area contributed by atoms with Gasteiger partial charge in [0.15, 0.2) is 0 Å². The van der Waals surface area contributed by atoms with E-state index < -0.39 is 24.0 Å². The molecule has 1 aromatic carbocycles. The van der Waals surface area contributed by atoms with Crippen molar-refractivity contribution in [1.82, 2.24) is 5.32 Å². The largest absolute Gasteiger partial charge is 0.393 e. The highest BCUT2D eigenvalue weighted by atomic mass is 79.9. The molecule has 0 radical (unpaired) electrons. The third-order valence-corrected chi connectivity index (χ3v) is 4.79. The van der Waals surface area contributed by atoms with Gasteiger partial charge >= 0.3 is 6.18 Å². The zero-order chi connectivity index (χ0) is 15.6. The molecule has 2 nitrogen and oxygen atoms in total. The van der Waals surface area contributed by atoms with E-state index in [9.17, 15) is 18.0 Å². The second-order valence-corrected chi connectivity index (χ2v) is 6.33. The Balaban J connectivity index is 2.11. The second-order valence-electron chi connectivity index (χ2n) is 5.48. The van der Waals surface area contributed by atoms with Gasteiger partial charge in [-0.2, -0.15) is 13.2 Å². The quantitative estimate of drug-likeness (QED) is 0.816. The maximum atomic E-state index is 13.0. The van der Waals surface area contributed by atoms with Gasteiger partial charge in [-0.15, -0.1) is 0 Å². The van der Waals surface area contributed by atoms with Crippen LogP contribution in [0.4, 0.5) is 13.2 Å². The van der Waals surface area contributed by atoms with Gasteiger partial charge in [0.25, 0.3) is 5.91 Å². The summed E-state index contributed by atoms with van der Waals surface area (Å²) in [5, 5.41) is 2.56.